The van der Waals surface area contributed by atoms with E-state index in [1.807, 2.05) is 13.0 Å². The SMILES string of the molecule is CCOC(=O)c1c(C)c(-c2ccnc(OC)c2)cn1N. The third-order valence-corrected chi connectivity index (χ3v) is 3.01. The number of carbonyl (C=O) groups is 1. The monoisotopic (exact) mass is 275 g/mol. The molecule has 2 N–H and O–H groups in total. The Morgan fingerprint density at radius 3 is 2.90 bits per heavy atom. The molecule has 106 valence electrons. The Balaban J connectivity index is 2.48. The number of pyridine rings is 1. The zero-order valence-corrected chi connectivity index (χ0v) is 11.7. The lowest BCUT2D eigenvalue weighted by atomic mass is 10.1. The minimum atomic E-state index is -0.431. The minimum Gasteiger partial charge on any atom is -0.481 e. The number of rotatable bonds is 4. The maximum atomic E-state index is 11.9. The van der Waals surface area contributed by atoms with Gasteiger partial charge in [-0.25, -0.2) is 9.78 Å². The molecule has 2 heterocycles. The van der Waals surface area contributed by atoms with Crippen molar-refractivity contribution in [1.82, 2.24) is 9.66 Å². The fourth-order valence-corrected chi connectivity index (χ4v) is 2.06. The number of ether oxygens (including phenoxy) is 2. The normalized spacial score (nSPS) is 10.3. The van der Waals surface area contributed by atoms with Crippen molar-refractivity contribution >= 4 is 5.97 Å². The molecule has 0 spiro atoms. The maximum absolute atomic E-state index is 11.9. The highest BCUT2D eigenvalue weighted by Gasteiger charge is 2.20. The molecule has 0 atom stereocenters. The van der Waals surface area contributed by atoms with Crippen molar-refractivity contribution < 1.29 is 14.3 Å². The van der Waals surface area contributed by atoms with E-state index in [-0.39, 0.29) is 0 Å². The first-order chi connectivity index (χ1) is 9.58. The van der Waals surface area contributed by atoms with Crippen LogP contribution in [0.1, 0.15) is 23.0 Å². The summed E-state index contributed by atoms with van der Waals surface area (Å²) in [7, 11) is 1.55. The van der Waals surface area contributed by atoms with Crippen LogP contribution in [0.4, 0.5) is 0 Å². The molecule has 6 heteroatoms. The minimum absolute atomic E-state index is 0.307. The maximum Gasteiger partial charge on any atom is 0.357 e. The molecule has 0 saturated heterocycles. The molecule has 0 aliphatic carbocycles. The lowest BCUT2D eigenvalue weighted by Gasteiger charge is -2.05. The van der Waals surface area contributed by atoms with Crippen molar-refractivity contribution in [2.45, 2.75) is 13.8 Å². The lowest BCUT2D eigenvalue weighted by molar-refractivity contribution is 0.0515. The topological polar surface area (TPSA) is 79.4 Å². The van der Waals surface area contributed by atoms with Crippen LogP contribution in [0.3, 0.4) is 0 Å². The summed E-state index contributed by atoms with van der Waals surface area (Å²) in [5.74, 6) is 5.92. The largest absolute Gasteiger partial charge is 0.481 e. The zero-order valence-electron chi connectivity index (χ0n) is 11.7. The van der Waals surface area contributed by atoms with Gasteiger partial charge in [0.15, 0.2) is 5.69 Å². The number of carbonyl (C=O) groups excluding carboxylic acids is 1. The van der Waals surface area contributed by atoms with Crippen LogP contribution in [0.2, 0.25) is 0 Å². The van der Waals surface area contributed by atoms with E-state index in [1.54, 1.807) is 32.5 Å². The highest BCUT2D eigenvalue weighted by atomic mass is 16.5. The average Bonchev–Trinajstić information content (AvgIpc) is 2.74. The quantitative estimate of drug-likeness (QED) is 0.679. The molecule has 0 fully saturated rings. The molecule has 2 aromatic rings. The second kappa shape index (κ2) is 5.64. The predicted molar refractivity (Wildman–Crippen MR) is 75.1 cm³/mol. The second-order valence-electron chi connectivity index (χ2n) is 4.23. The van der Waals surface area contributed by atoms with Crippen LogP contribution in [-0.4, -0.2) is 29.3 Å². The number of methoxy groups -OCH3 is 1. The van der Waals surface area contributed by atoms with E-state index in [9.17, 15) is 4.79 Å². The van der Waals surface area contributed by atoms with Crippen molar-refractivity contribution in [3.05, 3.63) is 35.8 Å². The second-order valence-corrected chi connectivity index (χ2v) is 4.23. The molecule has 6 nitrogen and oxygen atoms in total. The summed E-state index contributed by atoms with van der Waals surface area (Å²) >= 11 is 0. The van der Waals surface area contributed by atoms with Gasteiger partial charge in [-0.05, 0) is 31.0 Å². The van der Waals surface area contributed by atoms with Crippen LogP contribution in [0.5, 0.6) is 5.88 Å². The van der Waals surface area contributed by atoms with E-state index in [0.29, 0.717) is 18.2 Å². The lowest BCUT2D eigenvalue weighted by Crippen LogP contribution is -2.18. The summed E-state index contributed by atoms with van der Waals surface area (Å²) in [6.45, 7) is 3.89. The summed E-state index contributed by atoms with van der Waals surface area (Å²) in [6, 6.07) is 3.62. The molecule has 0 saturated carbocycles. The third-order valence-electron chi connectivity index (χ3n) is 3.01. The highest BCUT2D eigenvalue weighted by molar-refractivity contribution is 5.92. The Morgan fingerprint density at radius 2 is 2.25 bits per heavy atom. The highest BCUT2D eigenvalue weighted by Crippen LogP contribution is 2.28. The van der Waals surface area contributed by atoms with Crippen LogP contribution in [0.15, 0.2) is 24.5 Å². The Labute approximate surface area is 117 Å². The Kier molecular flexibility index (Phi) is 3.93. The van der Waals surface area contributed by atoms with Gasteiger partial charge < -0.3 is 15.3 Å². The summed E-state index contributed by atoms with van der Waals surface area (Å²) in [6.07, 6.45) is 3.34. The molecule has 0 amide bonds. The van der Waals surface area contributed by atoms with Gasteiger partial charge in [0, 0.05) is 24.0 Å². The van der Waals surface area contributed by atoms with Crippen molar-refractivity contribution in [3.8, 4) is 17.0 Å². The summed E-state index contributed by atoms with van der Waals surface area (Å²) in [4.78, 5) is 15.9. The van der Waals surface area contributed by atoms with Crippen molar-refractivity contribution in [2.75, 3.05) is 19.6 Å². The van der Waals surface area contributed by atoms with Gasteiger partial charge in [-0.3, -0.25) is 4.68 Å². The van der Waals surface area contributed by atoms with Gasteiger partial charge in [-0.1, -0.05) is 0 Å². The number of hydrogen-bond donors (Lipinski definition) is 1. The van der Waals surface area contributed by atoms with E-state index >= 15 is 0 Å². The van der Waals surface area contributed by atoms with Crippen molar-refractivity contribution in [3.63, 3.8) is 0 Å². The molecule has 0 aliphatic rings. The Bertz CT molecular complexity index is 635. The first-order valence-corrected chi connectivity index (χ1v) is 6.23. The van der Waals surface area contributed by atoms with E-state index in [1.165, 1.54) is 4.68 Å². The summed E-state index contributed by atoms with van der Waals surface area (Å²) < 4.78 is 11.4. The molecule has 20 heavy (non-hydrogen) atoms. The smallest absolute Gasteiger partial charge is 0.357 e. The van der Waals surface area contributed by atoms with Gasteiger partial charge in [0.1, 0.15) is 0 Å². The molecular formula is C14H17N3O3. The number of hydrogen-bond acceptors (Lipinski definition) is 5. The number of aromatic nitrogens is 2. The van der Waals surface area contributed by atoms with E-state index in [4.69, 9.17) is 15.3 Å². The molecule has 0 aromatic carbocycles. The number of nitrogen functional groups attached to an aromatic ring is 1. The number of nitrogens with two attached hydrogens (primary N) is 1. The molecule has 0 bridgehead atoms. The van der Waals surface area contributed by atoms with Gasteiger partial charge in [-0.15, -0.1) is 0 Å². The van der Waals surface area contributed by atoms with E-state index in [2.05, 4.69) is 4.98 Å². The predicted octanol–water partition coefficient (Wildman–Crippen LogP) is 1.76. The third kappa shape index (κ3) is 2.45. The van der Waals surface area contributed by atoms with Gasteiger partial charge in [-0.2, -0.15) is 0 Å². The van der Waals surface area contributed by atoms with Crippen molar-refractivity contribution in [2.24, 2.45) is 0 Å². The zero-order chi connectivity index (χ0) is 14.7. The van der Waals surface area contributed by atoms with Gasteiger partial charge in [0.25, 0.3) is 0 Å². The average molecular weight is 275 g/mol. The van der Waals surface area contributed by atoms with Crippen LogP contribution in [0.25, 0.3) is 11.1 Å². The standard InChI is InChI=1S/C14H17N3O3/c1-4-20-14(18)13-9(2)11(8-17(13)15)10-5-6-16-12(7-10)19-3/h5-8H,4,15H2,1-3H3. The van der Waals surface area contributed by atoms with E-state index < -0.39 is 5.97 Å². The number of esters is 1. The number of nitrogens with zero attached hydrogens (tertiary/aromatic N) is 2. The fraction of sp³-hybridized carbons (Fsp3) is 0.286. The van der Waals surface area contributed by atoms with Gasteiger partial charge in [0.2, 0.25) is 5.88 Å². The molecule has 0 unspecified atom stereocenters. The van der Waals surface area contributed by atoms with Gasteiger partial charge >= 0.3 is 5.97 Å². The van der Waals surface area contributed by atoms with Crippen molar-refractivity contribution in [1.29, 1.82) is 0 Å². The summed E-state index contributed by atoms with van der Waals surface area (Å²) in [5, 5.41) is 0. The van der Waals surface area contributed by atoms with Crippen LogP contribution in [0, 0.1) is 6.92 Å². The molecule has 2 aromatic heterocycles. The Morgan fingerprint density at radius 1 is 1.50 bits per heavy atom. The molecule has 0 radical (unpaired) electrons. The fourth-order valence-electron chi connectivity index (χ4n) is 2.06. The van der Waals surface area contributed by atoms with Gasteiger partial charge in [0.05, 0.1) is 13.7 Å². The van der Waals surface area contributed by atoms with Crippen LogP contribution >= 0.6 is 0 Å². The first-order valence-electron chi connectivity index (χ1n) is 6.23. The summed E-state index contributed by atoms with van der Waals surface area (Å²) in [5.41, 5.74) is 2.83. The van der Waals surface area contributed by atoms with E-state index in [0.717, 1.165) is 16.7 Å². The molecular weight excluding hydrogens is 258 g/mol. The molecule has 0 aliphatic heterocycles. The Hall–Kier alpha value is -2.50. The molecule has 2 rings (SSSR count). The van der Waals surface area contributed by atoms with Crippen LogP contribution in [-0.2, 0) is 4.74 Å². The van der Waals surface area contributed by atoms with Crippen LogP contribution < -0.4 is 10.6 Å². The first kappa shape index (κ1) is 13.9.